The highest BCUT2D eigenvalue weighted by Crippen LogP contribution is 2.37. The van der Waals surface area contributed by atoms with E-state index >= 15 is 0 Å². The van der Waals surface area contributed by atoms with Gasteiger partial charge in [0, 0.05) is 25.3 Å². The number of aliphatic hydroxyl groups excluding tert-OH is 1. The number of amides is 3. The number of rotatable bonds is 15. The van der Waals surface area contributed by atoms with Gasteiger partial charge < -0.3 is 20.5 Å². The molecule has 3 N–H and O–H groups in total. The molecular formula is C45H51N3O7. The first kappa shape index (κ1) is 40.6. The van der Waals surface area contributed by atoms with Crippen molar-refractivity contribution < 1.29 is 33.8 Å². The molecule has 288 valence electrons. The lowest BCUT2D eigenvalue weighted by molar-refractivity contribution is -0.134. The summed E-state index contributed by atoms with van der Waals surface area (Å²) < 4.78 is 5.52. The van der Waals surface area contributed by atoms with Gasteiger partial charge in [0.2, 0.25) is 11.8 Å². The van der Waals surface area contributed by atoms with Crippen LogP contribution in [0.4, 0.5) is 4.79 Å². The summed E-state index contributed by atoms with van der Waals surface area (Å²) in [4.78, 5) is 70.0. The third-order valence-electron chi connectivity index (χ3n) is 9.83. The average Bonchev–Trinajstić information content (AvgIpc) is 3.68. The topological polar surface area (TPSA) is 142 Å². The Bertz CT molecular complexity index is 1830. The fourth-order valence-electron chi connectivity index (χ4n) is 7.04. The maximum absolute atomic E-state index is 14.4. The number of carbonyl (C=O) groups is 5. The van der Waals surface area contributed by atoms with Gasteiger partial charge in [-0.15, -0.1) is 0 Å². The number of hydrogen-bond acceptors (Lipinski definition) is 7. The van der Waals surface area contributed by atoms with Crippen molar-refractivity contribution >= 4 is 29.5 Å². The highest BCUT2D eigenvalue weighted by atomic mass is 16.6. The van der Waals surface area contributed by atoms with E-state index in [0.29, 0.717) is 30.5 Å². The van der Waals surface area contributed by atoms with E-state index in [1.165, 1.54) is 4.90 Å². The Morgan fingerprint density at radius 2 is 1.27 bits per heavy atom. The van der Waals surface area contributed by atoms with Crippen molar-refractivity contribution in [2.75, 3.05) is 6.54 Å². The molecule has 4 aromatic carbocycles. The number of likely N-dealkylation sites (tertiary alicyclic amines) is 1. The first-order valence-corrected chi connectivity index (χ1v) is 18.8. The van der Waals surface area contributed by atoms with Gasteiger partial charge in [-0.05, 0) is 61.4 Å². The van der Waals surface area contributed by atoms with Crippen LogP contribution >= 0.6 is 0 Å². The normalized spacial score (nSPS) is 15.4. The van der Waals surface area contributed by atoms with Crippen LogP contribution in [-0.4, -0.2) is 63.7 Å². The minimum absolute atomic E-state index is 0.0780. The van der Waals surface area contributed by atoms with Crippen molar-refractivity contribution in [3.8, 4) is 0 Å². The van der Waals surface area contributed by atoms with Crippen molar-refractivity contribution in [3.63, 3.8) is 0 Å². The lowest BCUT2D eigenvalue weighted by Crippen LogP contribution is -2.52. The fraction of sp³-hybridized carbons (Fsp3) is 0.356. The molecular weight excluding hydrogens is 695 g/mol. The van der Waals surface area contributed by atoms with Crippen molar-refractivity contribution in [1.29, 1.82) is 0 Å². The zero-order chi connectivity index (χ0) is 39.6. The van der Waals surface area contributed by atoms with Gasteiger partial charge in [-0.2, -0.15) is 0 Å². The summed E-state index contributed by atoms with van der Waals surface area (Å²) in [5.41, 5.74) is 1.88. The smallest absolute Gasteiger partial charge is 0.410 e. The number of nitrogens with zero attached hydrogens (tertiary/aromatic N) is 1. The standard InChI is InChI=1S/C45H51N3O7/c1-31(27-40(51)38-21-14-26-48(38)43(54)55-44(2,3)4)42(53)46-37(39(50)28-32-22-24-33(30-49)25-23-32)29-41(52)47-45(34-15-8-5-9-16-34,35-17-10-6-11-18-35)36-19-12-7-13-20-36/h5-13,15-20,22-25,31,37-38,49H,14,21,26-30H2,1-4H3,(H,46,53)(H,47,52)/t31-,37+,38+/m1/s1. The molecule has 55 heavy (non-hydrogen) atoms. The molecule has 4 aromatic rings. The van der Waals surface area contributed by atoms with Gasteiger partial charge >= 0.3 is 6.09 Å². The summed E-state index contributed by atoms with van der Waals surface area (Å²) in [5.74, 6) is -2.55. The van der Waals surface area contributed by atoms with E-state index < -0.39 is 52.8 Å². The van der Waals surface area contributed by atoms with Crippen LogP contribution in [0.15, 0.2) is 115 Å². The second kappa shape index (κ2) is 18.1. The Morgan fingerprint density at radius 3 is 1.76 bits per heavy atom. The fourth-order valence-corrected chi connectivity index (χ4v) is 7.04. The van der Waals surface area contributed by atoms with Crippen LogP contribution in [0, 0.1) is 5.92 Å². The molecule has 0 spiro atoms. The van der Waals surface area contributed by atoms with Gasteiger partial charge in [-0.25, -0.2) is 4.79 Å². The van der Waals surface area contributed by atoms with Crippen LogP contribution in [-0.2, 0) is 42.5 Å². The highest BCUT2D eigenvalue weighted by Gasteiger charge is 2.40. The third kappa shape index (κ3) is 10.3. The molecule has 0 aromatic heterocycles. The number of ketones is 2. The number of carbonyl (C=O) groups excluding carboxylic acids is 5. The molecule has 1 saturated heterocycles. The number of hydrogen-bond donors (Lipinski definition) is 3. The monoisotopic (exact) mass is 745 g/mol. The van der Waals surface area contributed by atoms with E-state index in [2.05, 4.69) is 10.6 Å². The van der Waals surface area contributed by atoms with Crippen LogP contribution in [0.2, 0.25) is 0 Å². The van der Waals surface area contributed by atoms with E-state index in [-0.39, 0.29) is 31.7 Å². The lowest BCUT2D eigenvalue weighted by Gasteiger charge is -2.37. The summed E-state index contributed by atoms with van der Waals surface area (Å²) in [6.45, 7) is 7.12. The zero-order valence-electron chi connectivity index (χ0n) is 32.0. The van der Waals surface area contributed by atoms with E-state index in [9.17, 15) is 29.1 Å². The molecule has 0 radical (unpaired) electrons. The Balaban J connectivity index is 1.40. The summed E-state index contributed by atoms with van der Waals surface area (Å²) in [6, 6.07) is 33.7. The molecule has 1 fully saturated rings. The summed E-state index contributed by atoms with van der Waals surface area (Å²) in [7, 11) is 0. The van der Waals surface area contributed by atoms with E-state index in [1.54, 1.807) is 52.0 Å². The minimum Gasteiger partial charge on any atom is -0.444 e. The summed E-state index contributed by atoms with van der Waals surface area (Å²) in [5, 5.41) is 15.6. The van der Waals surface area contributed by atoms with Gasteiger partial charge in [0.25, 0.3) is 0 Å². The minimum atomic E-state index is -1.23. The summed E-state index contributed by atoms with van der Waals surface area (Å²) >= 11 is 0. The molecule has 5 rings (SSSR count). The van der Waals surface area contributed by atoms with Gasteiger partial charge in [0.15, 0.2) is 11.6 Å². The van der Waals surface area contributed by atoms with Crippen LogP contribution in [0.5, 0.6) is 0 Å². The predicted molar refractivity (Wildman–Crippen MR) is 210 cm³/mol. The molecule has 3 atom stereocenters. The first-order valence-electron chi connectivity index (χ1n) is 18.8. The molecule has 0 bridgehead atoms. The van der Waals surface area contributed by atoms with Crippen molar-refractivity contribution in [1.82, 2.24) is 15.5 Å². The second-order valence-corrected chi connectivity index (χ2v) is 15.2. The van der Waals surface area contributed by atoms with E-state index in [4.69, 9.17) is 4.74 Å². The molecule has 10 heteroatoms. The Morgan fingerprint density at radius 1 is 0.764 bits per heavy atom. The lowest BCUT2D eigenvalue weighted by atomic mass is 9.76. The number of benzene rings is 4. The molecule has 0 unspecified atom stereocenters. The number of aliphatic hydroxyl groups is 1. The Kier molecular flexibility index (Phi) is 13.4. The predicted octanol–water partition coefficient (Wildman–Crippen LogP) is 6.27. The second-order valence-electron chi connectivity index (χ2n) is 15.2. The molecule has 0 saturated carbocycles. The zero-order valence-corrected chi connectivity index (χ0v) is 32.0. The van der Waals surface area contributed by atoms with Crippen molar-refractivity contribution in [2.45, 2.75) is 89.6 Å². The molecule has 3 amide bonds. The number of nitrogens with one attached hydrogen (secondary N) is 2. The van der Waals surface area contributed by atoms with Crippen LogP contribution in [0.1, 0.15) is 81.2 Å². The molecule has 1 aliphatic rings. The Hall–Kier alpha value is -5.61. The van der Waals surface area contributed by atoms with Gasteiger partial charge in [-0.3, -0.25) is 24.1 Å². The van der Waals surface area contributed by atoms with Crippen LogP contribution < -0.4 is 10.6 Å². The third-order valence-corrected chi connectivity index (χ3v) is 9.83. The maximum atomic E-state index is 14.4. The van der Waals surface area contributed by atoms with Crippen molar-refractivity contribution in [3.05, 3.63) is 143 Å². The molecule has 10 nitrogen and oxygen atoms in total. The van der Waals surface area contributed by atoms with Crippen LogP contribution in [0.25, 0.3) is 0 Å². The number of ether oxygens (including phenoxy) is 1. The average molecular weight is 746 g/mol. The SMILES string of the molecule is C[C@H](CC(=O)[C@@H]1CCCN1C(=O)OC(C)(C)C)C(=O)N[C@@H](CC(=O)NC(c1ccccc1)(c1ccccc1)c1ccccc1)C(=O)Cc1ccc(CO)cc1. The largest absolute Gasteiger partial charge is 0.444 e. The van der Waals surface area contributed by atoms with Crippen LogP contribution in [0.3, 0.4) is 0 Å². The highest BCUT2D eigenvalue weighted by molar-refractivity contribution is 5.96. The van der Waals surface area contributed by atoms with Gasteiger partial charge in [0.1, 0.15) is 11.1 Å². The van der Waals surface area contributed by atoms with E-state index in [1.807, 2.05) is 91.0 Å². The Labute approximate surface area is 323 Å². The van der Waals surface area contributed by atoms with Gasteiger partial charge in [0.05, 0.1) is 25.1 Å². The molecule has 1 aliphatic heterocycles. The number of Topliss-reactive ketones (excluding diaryl/α,β-unsaturated/α-hetero) is 2. The maximum Gasteiger partial charge on any atom is 0.410 e. The summed E-state index contributed by atoms with van der Waals surface area (Å²) in [6.07, 6.45) is -0.0761. The van der Waals surface area contributed by atoms with Gasteiger partial charge in [-0.1, -0.05) is 122 Å². The quantitative estimate of drug-likeness (QED) is 0.122. The van der Waals surface area contributed by atoms with E-state index in [0.717, 1.165) is 16.7 Å². The molecule has 0 aliphatic carbocycles. The van der Waals surface area contributed by atoms with Crippen molar-refractivity contribution in [2.24, 2.45) is 5.92 Å². The molecule has 1 heterocycles. The first-order chi connectivity index (χ1) is 26.3.